The first-order valence-electron chi connectivity index (χ1n) is 4.16. The molecule has 0 saturated heterocycles. The van der Waals surface area contributed by atoms with Gasteiger partial charge >= 0.3 is 0 Å². The van der Waals surface area contributed by atoms with Crippen LogP contribution in [-0.2, 0) is 6.42 Å². The average molecular weight is 205 g/mol. The maximum atomic E-state index is 5.60. The molecule has 2 nitrogen and oxygen atoms in total. The lowest BCUT2D eigenvalue weighted by Crippen LogP contribution is -1.88. The zero-order valence-corrected chi connectivity index (χ0v) is 8.95. The Bertz CT molecular complexity index is 237. The number of aromatic nitrogens is 2. The van der Waals surface area contributed by atoms with E-state index in [0.29, 0.717) is 11.8 Å². The van der Waals surface area contributed by atoms with Gasteiger partial charge in [-0.15, -0.1) is 33.1 Å². The van der Waals surface area contributed by atoms with Gasteiger partial charge in [-0.1, -0.05) is 13.8 Å². The van der Waals surface area contributed by atoms with Crippen molar-refractivity contribution in [3.63, 3.8) is 0 Å². The molecule has 1 heterocycles. The van der Waals surface area contributed by atoms with Gasteiger partial charge in [0.15, 0.2) is 0 Å². The topological polar surface area (TPSA) is 25.8 Å². The van der Waals surface area contributed by atoms with Gasteiger partial charge in [-0.05, 0) is 6.42 Å². The monoisotopic (exact) mass is 204 g/mol. The maximum absolute atomic E-state index is 5.60. The van der Waals surface area contributed by atoms with Gasteiger partial charge in [0.05, 0.1) is 0 Å². The van der Waals surface area contributed by atoms with Gasteiger partial charge in [0.2, 0.25) is 0 Å². The second kappa shape index (κ2) is 4.77. The maximum Gasteiger partial charge on any atom is 0.120 e. The van der Waals surface area contributed by atoms with Crippen molar-refractivity contribution in [3.05, 3.63) is 10.0 Å². The zero-order valence-electron chi connectivity index (χ0n) is 7.38. The fourth-order valence-electron chi connectivity index (χ4n) is 0.822. The summed E-state index contributed by atoms with van der Waals surface area (Å²) in [6.07, 6.45) is 1.96. The number of halogens is 1. The van der Waals surface area contributed by atoms with Gasteiger partial charge in [0.1, 0.15) is 10.0 Å². The summed E-state index contributed by atoms with van der Waals surface area (Å²) in [6.45, 7) is 4.33. The number of hydrogen-bond donors (Lipinski definition) is 0. The van der Waals surface area contributed by atoms with Crippen molar-refractivity contribution in [2.75, 3.05) is 5.88 Å². The Hall–Kier alpha value is -0.150. The van der Waals surface area contributed by atoms with Crippen LogP contribution >= 0.6 is 22.9 Å². The summed E-state index contributed by atoms with van der Waals surface area (Å²) in [5.41, 5.74) is 0. The molecule has 1 rings (SSSR count). The Balaban J connectivity index is 2.63. The van der Waals surface area contributed by atoms with Crippen LogP contribution in [0.15, 0.2) is 0 Å². The second-order valence-corrected chi connectivity index (χ2v) is 4.25. The average Bonchev–Trinajstić information content (AvgIpc) is 2.52. The fraction of sp³-hybridized carbons (Fsp3) is 0.750. The SMILES string of the molecule is CCC(C)c1nnc(CCCl)s1. The summed E-state index contributed by atoms with van der Waals surface area (Å²) >= 11 is 7.28. The lowest BCUT2D eigenvalue weighted by molar-refractivity contribution is 0.713. The van der Waals surface area contributed by atoms with E-state index in [-0.39, 0.29) is 0 Å². The number of alkyl halides is 1. The normalized spacial score (nSPS) is 13.2. The molecule has 0 aliphatic heterocycles. The largest absolute Gasteiger partial charge is 0.144 e. The third-order valence-corrected chi connectivity index (χ3v) is 3.23. The minimum atomic E-state index is 0.534. The third-order valence-electron chi connectivity index (χ3n) is 1.82. The van der Waals surface area contributed by atoms with Gasteiger partial charge in [-0.25, -0.2) is 0 Å². The lowest BCUT2D eigenvalue weighted by Gasteiger charge is -1.99. The molecule has 0 saturated carbocycles. The Morgan fingerprint density at radius 1 is 1.50 bits per heavy atom. The third kappa shape index (κ3) is 2.42. The van der Waals surface area contributed by atoms with E-state index in [9.17, 15) is 0 Å². The highest BCUT2D eigenvalue weighted by atomic mass is 35.5. The van der Waals surface area contributed by atoms with E-state index in [0.717, 1.165) is 22.9 Å². The predicted molar refractivity (Wildman–Crippen MR) is 53.0 cm³/mol. The number of rotatable bonds is 4. The summed E-state index contributed by atoms with van der Waals surface area (Å²) in [5, 5.41) is 10.4. The van der Waals surface area contributed by atoms with Crippen LogP contribution in [0.5, 0.6) is 0 Å². The predicted octanol–water partition coefficient (Wildman–Crippen LogP) is 2.83. The highest BCUT2D eigenvalue weighted by Gasteiger charge is 2.09. The Labute approximate surface area is 82.0 Å². The Kier molecular flexibility index (Phi) is 3.95. The van der Waals surface area contributed by atoms with Gasteiger partial charge < -0.3 is 0 Å². The van der Waals surface area contributed by atoms with E-state index in [1.807, 2.05) is 0 Å². The van der Waals surface area contributed by atoms with Gasteiger partial charge in [-0.3, -0.25) is 0 Å². The number of aryl methyl sites for hydroxylation is 1. The molecule has 68 valence electrons. The fourth-order valence-corrected chi connectivity index (χ4v) is 2.09. The number of hydrogen-bond acceptors (Lipinski definition) is 3. The molecular formula is C8H13ClN2S. The number of nitrogens with zero attached hydrogens (tertiary/aromatic N) is 2. The molecule has 0 bridgehead atoms. The molecule has 0 aliphatic rings. The molecule has 4 heteroatoms. The quantitative estimate of drug-likeness (QED) is 0.705. The summed E-state index contributed by atoms with van der Waals surface area (Å²) in [5.74, 6) is 1.17. The molecule has 0 aliphatic carbocycles. The van der Waals surface area contributed by atoms with Crippen LogP contribution in [0.4, 0.5) is 0 Å². The molecule has 0 fully saturated rings. The lowest BCUT2D eigenvalue weighted by atomic mass is 10.1. The minimum absolute atomic E-state index is 0.534. The van der Waals surface area contributed by atoms with E-state index in [2.05, 4.69) is 24.0 Å². The van der Waals surface area contributed by atoms with E-state index in [1.165, 1.54) is 0 Å². The molecule has 0 aromatic carbocycles. The first-order chi connectivity index (χ1) is 5.77. The highest BCUT2D eigenvalue weighted by molar-refractivity contribution is 7.11. The summed E-state index contributed by atoms with van der Waals surface area (Å²) < 4.78 is 0. The van der Waals surface area contributed by atoms with E-state index >= 15 is 0 Å². The molecule has 0 amide bonds. The van der Waals surface area contributed by atoms with Gasteiger partial charge in [0.25, 0.3) is 0 Å². The van der Waals surface area contributed by atoms with E-state index < -0.39 is 0 Å². The second-order valence-electron chi connectivity index (χ2n) is 2.78. The molecule has 1 unspecified atom stereocenters. The zero-order chi connectivity index (χ0) is 8.97. The van der Waals surface area contributed by atoms with Crippen LogP contribution < -0.4 is 0 Å². The Morgan fingerprint density at radius 2 is 2.25 bits per heavy atom. The first-order valence-corrected chi connectivity index (χ1v) is 5.51. The van der Waals surface area contributed by atoms with Crippen LogP contribution in [-0.4, -0.2) is 16.1 Å². The van der Waals surface area contributed by atoms with Crippen molar-refractivity contribution < 1.29 is 0 Å². The molecule has 0 N–H and O–H groups in total. The van der Waals surface area contributed by atoms with Crippen LogP contribution in [0.1, 0.15) is 36.2 Å². The Morgan fingerprint density at radius 3 is 2.83 bits per heavy atom. The minimum Gasteiger partial charge on any atom is -0.144 e. The van der Waals surface area contributed by atoms with Crippen LogP contribution in [0, 0.1) is 0 Å². The van der Waals surface area contributed by atoms with Crippen molar-refractivity contribution in [1.29, 1.82) is 0 Å². The van der Waals surface area contributed by atoms with E-state index in [1.54, 1.807) is 11.3 Å². The molecule has 1 atom stereocenters. The molecule has 0 spiro atoms. The van der Waals surface area contributed by atoms with Gasteiger partial charge in [-0.2, -0.15) is 0 Å². The standard InChI is InChI=1S/C8H13ClN2S/c1-3-6(2)8-11-10-7(12-8)4-5-9/h6H,3-5H2,1-2H3. The van der Waals surface area contributed by atoms with Crippen molar-refractivity contribution >= 4 is 22.9 Å². The molecule has 12 heavy (non-hydrogen) atoms. The van der Waals surface area contributed by atoms with Crippen molar-refractivity contribution in [2.45, 2.75) is 32.6 Å². The highest BCUT2D eigenvalue weighted by Crippen LogP contribution is 2.22. The van der Waals surface area contributed by atoms with Gasteiger partial charge in [0, 0.05) is 18.2 Å². The van der Waals surface area contributed by atoms with Crippen LogP contribution in [0.2, 0.25) is 0 Å². The smallest absolute Gasteiger partial charge is 0.120 e. The molecule has 1 aromatic heterocycles. The van der Waals surface area contributed by atoms with Crippen molar-refractivity contribution in [1.82, 2.24) is 10.2 Å². The summed E-state index contributed by atoms with van der Waals surface area (Å²) in [7, 11) is 0. The molecular weight excluding hydrogens is 192 g/mol. The van der Waals surface area contributed by atoms with Crippen molar-refractivity contribution in [3.8, 4) is 0 Å². The molecule has 1 aromatic rings. The van der Waals surface area contributed by atoms with Crippen molar-refractivity contribution in [2.24, 2.45) is 0 Å². The summed E-state index contributed by atoms with van der Waals surface area (Å²) in [6, 6.07) is 0. The van der Waals surface area contributed by atoms with Crippen LogP contribution in [0.3, 0.4) is 0 Å². The summed E-state index contributed by atoms with van der Waals surface area (Å²) in [4.78, 5) is 0. The van der Waals surface area contributed by atoms with Crippen LogP contribution in [0.25, 0.3) is 0 Å². The molecule has 0 radical (unpaired) electrons. The first kappa shape index (κ1) is 9.93. The van der Waals surface area contributed by atoms with E-state index in [4.69, 9.17) is 11.6 Å².